The van der Waals surface area contributed by atoms with Crippen LogP contribution in [0.5, 0.6) is 0 Å². The van der Waals surface area contributed by atoms with Crippen LogP contribution in [-0.2, 0) is 28.6 Å². The average molecular weight is 327 g/mol. The molecular weight excluding hydrogens is 302 g/mol. The number of esters is 2. The molecule has 1 N–H and O–H groups in total. The Kier molecular flexibility index (Phi) is 7.74. The zero-order valence-corrected chi connectivity index (χ0v) is 14.0. The van der Waals surface area contributed by atoms with Crippen LogP contribution >= 0.6 is 0 Å². The van der Waals surface area contributed by atoms with Crippen LogP contribution in [0, 0.1) is 11.8 Å². The number of nitrogens with one attached hydrogen (secondary N) is 1. The van der Waals surface area contributed by atoms with Gasteiger partial charge in [0.25, 0.3) is 0 Å². The van der Waals surface area contributed by atoms with Crippen LogP contribution in [0.25, 0.3) is 0 Å². The molecule has 0 saturated heterocycles. The Labute approximate surface area is 136 Å². The lowest BCUT2D eigenvalue weighted by Gasteiger charge is -2.21. The summed E-state index contributed by atoms with van der Waals surface area (Å²) in [5, 5.41) is 2.55. The molecule has 4 atom stereocenters. The quantitative estimate of drug-likeness (QED) is 0.566. The smallest absolute Gasteiger partial charge is 0.328 e. The topological polar surface area (TPSA) is 90.9 Å². The minimum absolute atomic E-state index is 0.0312. The highest BCUT2D eigenvalue weighted by atomic mass is 16.6. The third kappa shape index (κ3) is 6.40. The number of hydrogen-bond donors (Lipinski definition) is 1. The van der Waals surface area contributed by atoms with Crippen molar-refractivity contribution in [1.29, 1.82) is 0 Å². The highest BCUT2D eigenvalue weighted by Gasteiger charge is 2.23. The van der Waals surface area contributed by atoms with Gasteiger partial charge in [0.1, 0.15) is 19.3 Å². The maximum atomic E-state index is 11.9. The zero-order chi connectivity index (χ0) is 17.4. The molecule has 0 fully saturated rings. The number of rotatable bonds is 1. The molecule has 1 rings (SSSR count). The van der Waals surface area contributed by atoms with E-state index >= 15 is 0 Å². The monoisotopic (exact) mass is 327 g/mol. The van der Waals surface area contributed by atoms with E-state index in [4.69, 9.17) is 14.2 Å². The number of carbonyl (C=O) groups is 3. The van der Waals surface area contributed by atoms with Crippen LogP contribution in [0.3, 0.4) is 0 Å². The van der Waals surface area contributed by atoms with Crippen molar-refractivity contribution < 1.29 is 28.6 Å². The molecule has 1 heterocycles. The minimum Gasteiger partial charge on any atom is -0.463 e. The lowest BCUT2D eigenvalue weighted by Crippen LogP contribution is -2.40. The second kappa shape index (κ2) is 9.29. The molecule has 0 aromatic rings. The first-order valence-electron chi connectivity index (χ1n) is 7.67. The van der Waals surface area contributed by atoms with Gasteiger partial charge in [0, 0.05) is 19.4 Å². The van der Waals surface area contributed by atoms with Crippen molar-refractivity contribution in [3.8, 4) is 0 Å². The standard InChI is InChI=1S/C16H25NO6/c1-10-6-5-7-14(18)17-12(3)16(20)22-8-11(2)15(19)23-9-13(10)21-4/h5-6,10-13H,7-9H2,1-4H3,(H,17,18)/t10-,11-,12+,13+/m0/s1. The predicted octanol–water partition coefficient (Wildman–Crippen LogP) is 0.825. The Morgan fingerprint density at radius 1 is 1.09 bits per heavy atom. The van der Waals surface area contributed by atoms with Crippen molar-refractivity contribution in [2.45, 2.75) is 39.3 Å². The molecule has 7 heteroatoms. The van der Waals surface area contributed by atoms with Crippen LogP contribution in [0.1, 0.15) is 27.2 Å². The van der Waals surface area contributed by atoms with Crippen LogP contribution in [0.4, 0.5) is 0 Å². The van der Waals surface area contributed by atoms with Gasteiger partial charge in [-0.15, -0.1) is 0 Å². The Morgan fingerprint density at radius 3 is 2.39 bits per heavy atom. The zero-order valence-electron chi connectivity index (χ0n) is 14.0. The molecule has 130 valence electrons. The summed E-state index contributed by atoms with van der Waals surface area (Å²) in [5.74, 6) is -1.93. The second-order valence-corrected chi connectivity index (χ2v) is 5.72. The summed E-state index contributed by atoms with van der Waals surface area (Å²) in [6, 6.07) is -0.770. The SMILES string of the molecule is CO[C@@H]1COC(=O)[C@@H](C)COC(=O)[C@@H](C)NC(=O)CC=C[C@@H]1C. The summed E-state index contributed by atoms with van der Waals surface area (Å²) in [5.41, 5.74) is 0. The number of hydrogen-bond acceptors (Lipinski definition) is 6. The van der Waals surface area contributed by atoms with Gasteiger partial charge in [0.2, 0.25) is 5.91 Å². The van der Waals surface area contributed by atoms with Gasteiger partial charge in [0.15, 0.2) is 0 Å². The molecule has 0 unspecified atom stereocenters. The second-order valence-electron chi connectivity index (χ2n) is 5.72. The Hall–Kier alpha value is -1.89. The molecule has 7 nitrogen and oxygen atoms in total. The lowest BCUT2D eigenvalue weighted by molar-refractivity contribution is -0.158. The van der Waals surface area contributed by atoms with Gasteiger partial charge >= 0.3 is 11.9 Å². The molecule has 23 heavy (non-hydrogen) atoms. The number of amides is 1. The van der Waals surface area contributed by atoms with E-state index in [0.717, 1.165) is 0 Å². The summed E-state index contributed by atoms with van der Waals surface area (Å²) in [4.78, 5) is 35.4. The minimum atomic E-state index is -0.770. The average Bonchev–Trinajstić information content (AvgIpc) is 2.51. The number of carbonyl (C=O) groups excluding carboxylic acids is 3. The van der Waals surface area contributed by atoms with Crippen molar-refractivity contribution in [2.75, 3.05) is 20.3 Å². The normalized spacial score (nSPS) is 31.4. The van der Waals surface area contributed by atoms with Crippen LogP contribution in [0.2, 0.25) is 0 Å². The van der Waals surface area contributed by atoms with Crippen LogP contribution < -0.4 is 5.32 Å². The van der Waals surface area contributed by atoms with Gasteiger partial charge in [-0.1, -0.05) is 19.1 Å². The maximum absolute atomic E-state index is 11.9. The molecule has 0 saturated carbocycles. The third-order valence-corrected chi connectivity index (χ3v) is 3.63. The first kappa shape index (κ1) is 19.2. The fourth-order valence-corrected chi connectivity index (χ4v) is 2.01. The number of ether oxygens (including phenoxy) is 3. The predicted molar refractivity (Wildman–Crippen MR) is 82.4 cm³/mol. The largest absolute Gasteiger partial charge is 0.463 e. The lowest BCUT2D eigenvalue weighted by atomic mass is 10.0. The molecule has 1 amide bonds. The molecule has 1 aliphatic rings. The van der Waals surface area contributed by atoms with E-state index in [9.17, 15) is 14.4 Å². The van der Waals surface area contributed by atoms with Gasteiger partial charge < -0.3 is 19.5 Å². The Balaban J connectivity index is 2.83. The summed E-state index contributed by atoms with van der Waals surface area (Å²) in [7, 11) is 1.54. The van der Waals surface area contributed by atoms with Gasteiger partial charge in [-0.2, -0.15) is 0 Å². The third-order valence-electron chi connectivity index (χ3n) is 3.63. The molecule has 1 aliphatic heterocycles. The van der Waals surface area contributed by atoms with Gasteiger partial charge in [-0.25, -0.2) is 4.79 Å². The number of methoxy groups -OCH3 is 1. The first-order chi connectivity index (χ1) is 10.8. The molecule has 0 aromatic carbocycles. The molecule has 0 bridgehead atoms. The fourth-order valence-electron chi connectivity index (χ4n) is 2.01. The highest BCUT2D eigenvalue weighted by molar-refractivity contribution is 5.85. The molecular formula is C16H25NO6. The fraction of sp³-hybridized carbons (Fsp3) is 0.688. The van der Waals surface area contributed by atoms with Gasteiger partial charge in [-0.05, 0) is 13.8 Å². The molecule has 0 aromatic heterocycles. The van der Waals surface area contributed by atoms with E-state index in [1.165, 1.54) is 14.0 Å². The van der Waals surface area contributed by atoms with Crippen molar-refractivity contribution in [3.05, 3.63) is 12.2 Å². The first-order valence-corrected chi connectivity index (χ1v) is 7.67. The summed E-state index contributed by atoms with van der Waals surface area (Å²) >= 11 is 0. The molecule has 0 aliphatic carbocycles. The van der Waals surface area contributed by atoms with E-state index in [1.54, 1.807) is 13.0 Å². The van der Waals surface area contributed by atoms with Crippen molar-refractivity contribution in [1.82, 2.24) is 5.32 Å². The van der Waals surface area contributed by atoms with Crippen molar-refractivity contribution in [3.63, 3.8) is 0 Å². The number of cyclic esters (lactones) is 2. The highest BCUT2D eigenvalue weighted by Crippen LogP contribution is 2.11. The van der Waals surface area contributed by atoms with Crippen LogP contribution in [-0.4, -0.2) is 50.3 Å². The van der Waals surface area contributed by atoms with E-state index in [2.05, 4.69) is 5.32 Å². The van der Waals surface area contributed by atoms with Crippen molar-refractivity contribution >= 4 is 17.8 Å². The Morgan fingerprint density at radius 2 is 1.74 bits per heavy atom. The van der Waals surface area contributed by atoms with Gasteiger partial charge in [-0.3, -0.25) is 9.59 Å². The molecule has 0 spiro atoms. The van der Waals surface area contributed by atoms with Crippen molar-refractivity contribution in [2.24, 2.45) is 11.8 Å². The van der Waals surface area contributed by atoms with E-state index < -0.39 is 23.9 Å². The summed E-state index contributed by atoms with van der Waals surface area (Å²) in [6.45, 7) is 5.06. The summed E-state index contributed by atoms with van der Waals surface area (Å²) < 4.78 is 15.6. The van der Waals surface area contributed by atoms with Gasteiger partial charge in [0.05, 0.1) is 12.0 Å². The van der Waals surface area contributed by atoms with E-state index in [0.29, 0.717) is 0 Å². The summed E-state index contributed by atoms with van der Waals surface area (Å²) in [6.07, 6.45) is 3.37. The molecule has 0 radical (unpaired) electrons. The van der Waals surface area contributed by atoms with E-state index in [-0.39, 0.29) is 37.6 Å². The Bertz CT molecular complexity index is 461. The van der Waals surface area contributed by atoms with E-state index in [1.807, 2.05) is 13.0 Å². The maximum Gasteiger partial charge on any atom is 0.328 e. The van der Waals surface area contributed by atoms with Crippen LogP contribution in [0.15, 0.2) is 12.2 Å².